The lowest BCUT2D eigenvalue weighted by Gasteiger charge is -1.94. The number of aromatic nitrogens is 1. The molecule has 0 aliphatic heterocycles. The second-order valence-corrected chi connectivity index (χ2v) is 4.63. The lowest BCUT2D eigenvalue weighted by Crippen LogP contribution is -2.02. The number of carbonyl (C=O) groups excluding carboxylic acids is 2. The molecule has 5 nitrogen and oxygen atoms in total. The van der Waals surface area contributed by atoms with E-state index in [1.54, 1.807) is 6.08 Å². The molecule has 1 aromatic rings. The van der Waals surface area contributed by atoms with Crippen LogP contribution in [0.4, 0.5) is 0 Å². The van der Waals surface area contributed by atoms with Gasteiger partial charge in [-0.2, -0.15) is 0 Å². The molecule has 0 spiro atoms. The molecule has 0 aliphatic rings. The van der Waals surface area contributed by atoms with Crippen molar-refractivity contribution in [2.24, 2.45) is 0 Å². The van der Waals surface area contributed by atoms with Crippen molar-refractivity contribution in [2.45, 2.75) is 33.6 Å². The summed E-state index contributed by atoms with van der Waals surface area (Å²) >= 11 is 0. The number of ether oxygens (including phenoxy) is 1. The molecule has 126 valence electrons. The van der Waals surface area contributed by atoms with Crippen LogP contribution in [0.15, 0.2) is 36.1 Å². The van der Waals surface area contributed by atoms with E-state index in [0.717, 1.165) is 6.42 Å². The van der Waals surface area contributed by atoms with E-state index in [2.05, 4.69) is 23.6 Å². The van der Waals surface area contributed by atoms with Crippen molar-refractivity contribution in [3.8, 4) is 0 Å². The van der Waals surface area contributed by atoms with Gasteiger partial charge in [-0.15, -0.1) is 0 Å². The van der Waals surface area contributed by atoms with Gasteiger partial charge >= 0.3 is 5.97 Å². The lowest BCUT2D eigenvalue weighted by molar-refractivity contribution is 0.0598. The molecule has 2 N–H and O–H groups in total. The number of hydrogen-bond donors (Lipinski definition) is 2. The number of rotatable bonds is 6. The van der Waals surface area contributed by atoms with Gasteiger partial charge in [-0.05, 0) is 18.6 Å². The molecule has 23 heavy (non-hydrogen) atoms. The average molecular weight is 319 g/mol. The van der Waals surface area contributed by atoms with Crippen LogP contribution in [0.25, 0.3) is 6.08 Å². The predicted octanol–water partition coefficient (Wildman–Crippen LogP) is 4.45. The Kier molecular flexibility index (Phi) is 10.7. The molecule has 0 saturated heterocycles. The molecule has 5 heteroatoms. The van der Waals surface area contributed by atoms with Crippen LogP contribution in [-0.4, -0.2) is 29.5 Å². The van der Waals surface area contributed by atoms with Crippen molar-refractivity contribution >= 4 is 18.3 Å². The first-order valence-electron chi connectivity index (χ1n) is 7.54. The first-order chi connectivity index (χ1) is 11.0. The van der Waals surface area contributed by atoms with Crippen LogP contribution in [-0.2, 0) is 4.74 Å². The molecule has 1 heterocycles. The number of allylic oxidation sites excluding steroid dienone is 4. The molecule has 0 aromatic carbocycles. The predicted molar refractivity (Wildman–Crippen MR) is 92.7 cm³/mol. The van der Waals surface area contributed by atoms with Crippen LogP contribution in [0.3, 0.4) is 0 Å². The summed E-state index contributed by atoms with van der Waals surface area (Å²) in [5, 5.41) is 9.69. The second-order valence-electron chi connectivity index (χ2n) is 4.63. The van der Waals surface area contributed by atoms with Gasteiger partial charge < -0.3 is 14.8 Å². The van der Waals surface area contributed by atoms with Gasteiger partial charge in [-0.3, -0.25) is 4.79 Å². The summed E-state index contributed by atoms with van der Waals surface area (Å²) in [4.78, 5) is 25.0. The number of aliphatic hydroxyl groups is 1. The van der Waals surface area contributed by atoms with Crippen LogP contribution in [0, 0.1) is 0 Å². The van der Waals surface area contributed by atoms with E-state index in [9.17, 15) is 14.7 Å². The molecule has 0 saturated carbocycles. The van der Waals surface area contributed by atoms with Crippen molar-refractivity contribution in [3.05, 3.63) is 53.1 Å². The largest absolute Gasteiger partial charge is 0.508 e. The number of H-pyrrole nitrogens is 1. The van der Waals surface area contributed by atoms with Gasteiger partial charge in [-0.25, -0.2) is 4.79 Å². The Morgan fingerprint density at radius 1 is 1.30 bits per heavy atom. The third-order valence-electron chi connectivity index (χ3n) is 2.45. The SMILES string of the molecule is CCC.CC\C=C/C=C\C(O)=C\c1cc(C(=O)OC)c(C=O)[nH]1. The Morgan fingerprint density at radius 3 is 2.48 bits per heavy atom. The molecular weight excluding hydrogens is 294 g/mol. The van der Waals surface area contributed by atoms with Gasteiger partial charge in [0.2, 0.25) is 0 Å². The van der Waals surface area contributed by atoms with Gasteiger partial charge in [0.25, 0.3) is 0 Å². The number of esters is 1. The fraction of sp³-hybridized carbons (Fsp3) is 0.333. The van der Waals surface area contributed by atoms with Crippen molar-refractivity contribution < 1.29 is 19.4 Å². The Bertz CT molecular complexity index is 580. The zero-order valence-corrected chi connectivity index (χ0v) is 14.1. The van der Waals surface area contributed by atoms with Crippen LogP contribution >= 0.6 is 0 Å². The van der Waals surface area contributed by atoms with E-state index in [1.165, 1.54) is 31.7 Å². The molecular formula is C18H25NO4. The normalized spacial score (nSPS) is 11.4. The van der Waals surface area contributed by atoms with E-state index >= 15 is 0 Å². The minimum Gasteiger partial charge on any atom is -0.508 e. The summed E-state index contributed by atoms with van der Waals surface area (Å²) in [5.74, 6) is -0.607. The molecule has 0 radical (unpaired) electrons. The minimum absolute atomic E-state index is 0.000804. The number of hydrogen-bond acceptors (Lipinski definition) is 4. The van der Waals surface area contributed by atoms with Crippen molar-refractivity contribution in [2.75, 3.05) is 7.11 Å². The van der Waals surface area contributed by atoms with E-state index < -0.39 is 5.97 Å². The van der Waals surface area contributed by atoms with E-state index in [4.69, 9.17) is 0 Å². The van der Waals surface area contributed by atoms with Crippen molar-refractivity contribution in [1.29, 1.82) is 0 Å². The quantitative estimate of drug-likeness (QED) is 0.351. The maximum Gasteiger partial charge on any atom is 0.340 e. The monoisotopic (exact) mass is 319 g/mol. The summed E-state index contributed by atoms with van der Waals surface area (Å²) in [6.45, 7) is 6.26. The Hall–Kier alpha value is -2.56. The van der Waals surface area contributed by atoms with Gasteiger partial charge in [0.1, 0.15) is 5.76 Å². The van der Waals surface area contributed by atoms with Crippen molar-refractivity contribution in [1.82, 2.24) is 4.98 Å². The molecule has 0 amide bonds. The molecule has 0 unspecified atom stereocenters. The zero-order valence-electron chi connectivity index (χ0n) is 14.1. The number of methoxy groups -OCH3 is 1. The third kappa shape index (κ3) is 7.85. The molecule has 0 aliphatic carbocycles. The van der Waals surface area contributed by atoms with E-state index in [1.807, 2.05) is 19.1 Å². The molecule has 0 atom stereocenters. The topological polar surface area (TPSA) is 79.4 Å². The van der Waals surface area contributed by atoms with Crippen LogP contribution < -0.4 is 0 Å². The first kappa shape index (κ1) is 20.4. The fourth-order valence-electron chi connectivity index (χ4n) is 1.52. The lowest BCUT2D eigenvalue weighted by atomic mass is 10.2. The standard InChI is InChI=1S/C15H17NO4.C3H8/c1-3-4-5-6-7-12(18)8-11-9-13(15(19)20-2)14(10-17)16-11;1-3-2/h4-10,16,18H,3H2,1-2H3;3H2,1-2H3/b5-4-,7-6-,12-8-;. The average Bonchev–Trinajstić information content (AvgIpc) is 2.94. The van der Waals surface area contributed by atoms with Crippen LogP contribution in [0.1, 0.15) is 60.2 Å². The van der Waals surface area contributed by atoms with Crippen molar-refractivity contribution in [3.63, 3.8) is 0 Å². The highest BCUT2D eigenvalue weighted by molar-refractivity contribution is 5.98. The molecule has 0 fully saturated rings. The second kappa shape index (κ2) is 12.0. The molecule has 0 bridgehead atoms. The minimum atomic E-state index is -0.607. The van der Waals surface area contributed by atoms with E-state index in [-0.39, 0.29) is 17.0 Å². The highest BCUT2D eigenvalue weighted by atomic mass is 16.5. The van der Waals surface area contributed by atoms with E-state index in [0.29, 0.717) is 12.0 Å². The van der Waals surface area contributed by atoms with Crippen LogP contribution in [0.5, 0.6) is 0 Å². The zero-order chi connectivity index (χ0) is 17.7. The first-order valence-corrected chi connectivity index (χ1v) is 7.54. The fourth-order valence-corrected chi connectivity index (χ4v) is 1.52. The van der Waals surface area contributed by atoms with Gasteiger partial charge in [0.15, 0.2) is 6.29 Å². The number of aromatic amines is 1. The third-order valence-corrected chi connectivity index (χ3v) is 2.45. The Balaban J connectivity index is 0.00000149. The maximum absolute atomic E-state index is 11.4. The number of carbonyl (C=O) groups is 2. The summed E-state index contributed by atoms with van der Waals surface area (Å²) in [5.41, 5.74) is 0.691. The molecule has 1 rings (SSSR count). The van der Waals surface area contributed by atoms with Gasteiger partial charge in [-0.1, -0.05) is 45.4 Å². The number of aliphatic hydroxyl groups excluding tert-OH is 1. The Morgan fingerprint density at radius 2 is 1.96 bits per heavy atom. The summed E-state index contributed by atoms with van der Waals surface area (Å²) in [6.07, 6.45) is 11.1. The number of aldehydes is 1. The highest BCUT2D eigenvalue weighted by Gasteiger charge is 2.14. The smallest absolute Gasteiger partial charge is 0.340 e. The summed E-state index contributed by atoms with van der Waals surface area (Å²) in [6, 6.07) is 1.45. The molecule has 1 aromatic heterocycles. The van der Waals surface area contributed by atoms with Gasteiger partial charge in [0, 0.05) is 11.8 Å². The maximum atomic E-state index is 11.4. The van der Waals surface area contributed by atoms with Crippen LogP contribution in [0.2, 0.25) is 0 Å². The van der Waals surface area contributed by atoms with Gasteiger partial charge in [0.05, 0.1) is 18.4 Å². The summed E-state index contributed by atoms with van der Waals surface area (Å²) < 4.78 is 4.56. The number of nitrogens with one attached hydrogen (secondary N) is 1. The Labute approximate surface area is 137 Å². The highest BCUT2D eigenvalue weighted by Crippen LogP contribution is 2.13. The summed E-state index contributed by atoms with van der Waals surface area (Å²) in [7, 11) is 1.24.